The minimum Gasteiger partial charge on any atom is -0.481 e. The van der Waals surface area contributed by atoms with E-state index in [1.807, 2.05) is 35.2 Å². The van der Waals surface area contributed by atoms with Crippen molar-refractivity contribution in [2.75, 3.05) is 19.7 Å². The number of carbonyl (C=O) groups excluding carboxylic acids is 1. The number of aromatic nitrogens is 3. The third kappa shape index (κ3) is 3.91. The molecule has 148 valence electrons. The SMILES string of the molecule is O=C(O)C1CCO[C@H]1C1CCN(C(=O)Cn2cc(-c3ccccc3)nn2)CC1. The molecule has 1 aromatic heterocycles. The van der Waals surface area contributed by atoms with E-state index < -0.39 is 11.9 Å². The van der Waals surface area contributed by atoms with Crippen LogP contribution in [0.1, 0.15) is 19.3 Å². The smallest absolute Gasteiger partial charge is 0.309 e. The van der Waals surface area contributed by atoms with E-state index in [4.69, 9.17) is 4.74 Å². The summed E-state index contributed by atoms with van der Waals surface area (Å²) in [7, 11) is 0. The number of nitrogens with zero attached hydrogens (tertiary/aromatic N) is 4. The van der Waals surface area contributed by atoms with Crippen LogP contribution in [0.2, 0.25) is 0 Å². The monoisotopic (exact) mass is 384 g/mol. The predicted octanol–water partition coefficient (Wildman–Crippen LogP) is 1.67. The number of aliphatic carboxylic acids is 1. The minimum absolute atomic E-state index is 0.00471. The number of piperidine rings is 1. The van der Waals surface area contributed by atoms with Gasteiger partial charge in [-0.1, -0.05) is 35.5 Å². The summed E-state index contributed by atoms with van der Waals surface area (Å²) in [6, 6.07) is 9.72. The first-order chi connectivity index (χ1) is 13.6. The van der Waals surface area contributed by atoms with Crippen LogP contribution in [0.4, 0.5) is 0 Å². The number of rotatable bonds is 5. The summed E-state index contributed by atoms with van der Waals surface area (Å²) in [6.07, 6.45) is 3.68. The van der Waals surface area contributed by atoms with E-state index in [2.05, 4.69) is 10.3 Å². The van der Waals surface area contributed by atoms with Crippen molar-refractivity contribution in [1.29, 1.82) is 0 Å². The van der Waals surface area contributed by atoms with E-state index in [0.29, 0.717) is 26.1 Å². The van der Waals surface area contributed by atoms with Gasteiger partial charge in [-0.3, -0.25) is 9.59 Å². The molecule has 8 heteroatoms. The number of carboxylic acids is 1. The molecule has 2 saturated heterocycles. The van der Waals surface area contributed by atoms with Gasteiger partial charge < -0.3 is 14.7 Å². The Kier molecular flexibility index (Phi) is 5.38. The van der Waals surface area contributed by atoms with Crippen molar-refractivity contribution in [3.05, 3.63) is 36.5 Å². The number of carboxylic acid groups (broad SMARTS) is 1. The molecule has 8 nitrogen and oxygen atoms in total. The molecule has 2 aliphatic heterocycles. The van der Waals surface area contributed by atoms with Gasteiger partial charge in [0.2, 0.25) is 5.91 Å². The molecule has 1 unspecified atom stereocenters. The molecular weight excluding hydrogens is 360 g/mol. The molecule has 1 amide bonds. The Balaban J connectivity index is 1.31. The van der Waals surface area contributed by atoms with Crippen molar-refractivity contribution in [2.45, 2.75) is 31.9 Å². The number of carbonyl (C=O) groups is 2. The van der Waals surface area contributed by atoms with Crippen LogP contribution in [0, 0.1) is 11.8 Å². The van der Waals surface area contributed by atoms with Crippen LogP contribution < -0.4 is 0 Å². The van der Waals surface area contributed by atoms with Crippen LogP contribution in [-0.2, 0) is 20.9 Å². The van der Waals surface area contributed by atoms with E-state index in [1.54, 1.807) is 10.9 Å². The lowest BCUT2D eigenvalue weighted by Crippen LogP contribution is -2.44. The lowest BCUT2D eigenvalue weighted by Gasteiger charge is -2.35. The third-order valence-corrected chi connectivity index (χ3v) is 5.72. The molecule has 0 aliphatic carbocycles. The molecule has 3 heterocycles. The molecule has 1 N–H and O–H groups in total. The summed E-state index contributed by atoms with van der Waals surface area (Å²) in [5, 5.41) is 17.6. The van der Waals surface area contributed by atoms with Crippen LogP contribution in [0.25, 0.3) is 11.3 Å². The molecule has 28 heavy (non-hydrogen) atoms. The van der Waals surface area contributed by atoms with Crippen LogP contribution in [0.3, 0.4) is 0 Å². The van der Waals surface area contributed by atoms with Gasteiger partial charge in [0, 0.05) is 25.3 Å². The fourth-order valence-electron chi connectivity index (χ4n) is 4.17. The Morgan fingerprint density at radius 1 is 1.14 bits per heavy atom. The molecule has 0 bridgehead atoms. The van der Waals surface area contributed by atoms with Crippen LogP contribution in [-0.4, -0.2) is 62.7 Å². The normalized spacial score (nSPS) is 23.1. The van der Waals surface area contributed by atoms with Gasteiger partial charge in [-0.25, -0.2) is 4.68 Å². The van der Waals surface area contributed by atoms with E-state index in [-0.39, 0.29) is 24.5 Å². The lowest BCUT2D eigenvalue weighted by molar-refractivity contribution is -0.146. The Morgan fingerprint density at radius 3 is 2.61 bits per heavy atom. The van der Waals surface area contributed by atoms with Crippen molar-refractivity contribution in [3.63, 3.8) is 0 Å². The third-order valence-electron chi connectivity index (χ3n) is 5.72. The van der Waals surface area contributed by atoms with Gasteiger partial charge in [0.1, 0.15) is 12.2 Å². The van der Waals surface area contributed by atoms with Gasteiger partial charge in [-0.15, -0.1) is 5.10 Å². The standard InChI is InChI=1S/C20H24N4O4/c25-18(13-24-12-17(21-22-24)14-4-2-1-3-5-14)23-9-6-15(7-10-23)19-16(20(26)27)8-11-28-19/h1-5,12,15-16,19H,6-11,13H2,(H,26,27)/t16?,19-/m0/s1. The first kappa shape index (κ1) is 18.6. The van der Waals surface area contributed by atoms with E-state index in [9.17, 15) is 14.7 Å². The maximum Gasteiger partial charge on any atom is 0.309 e. The number of likely N-dealkylation sites (tertiary alicyclic amines) is 1. The average molecular weight is 384 g/mol. The van der Waals surface area contributed by atoms with Gasteiger partial charge in [0.05, 0.1) is 18.2 Å². The van der Waals surface area contributed by atoms with Gasteiger partial charge in [-0.2, -0.15) is 0 Å². The molecule has 2 aromatic rings. The average Bonchev–Trinajstić information content (AvgIpc) is 3.38. The van der Waals surface area contributed by atoms with Crippen molar-refractivity contribution < 1.29 is 19.4 Å². The van der Waals surface area contributed by atoms with Crippen LogP contribution in [0.5, 0.6) is 0 Å². The number of benzene rings is 1. The molecule has 0 spiro atoms. The Bertz CT molecular complexity index is 830. The molecule has 1 aromatic carbocycles. The first-order valence-electron chi connectivity index (χ1n) is 9.69. The van der Waals surface area contributed by atoms with Crippen molar-refractivity contribution >= 4 is 11.9 Å². The van der Waals surface area contributed by atoms with Crippen LogP contribution >= 0.6 is 0 Å². The minimum atomic E-state index is -0.776. The summed E-state index contributed by atoms with van der Waals surface area (Å²) in [4.78, 5) is 25.8. The largest absolute Gasteiger partial charge is 0.481 e. The summed E-state index contributed by atoms with van der Waals surface area (Å²) >= 11 is 0. The second-order valence-electron chi connectivity index (χ2n) is 7.45. The Labute approximate surface area is 163 Å². The van der Waals surface area contributed by atoms with Crippen LogP contribution in [0.15, 0.2) is 36.5 Å². The number of hydrogen-bond donors (Lipinski definition) is 1. The number of ether oxygens (including phenoxy) is 1. The Hall–Kier alpha value is -2.74. The topological polar surface area (TPSA) is 97.6 Å². The van der Waals surface area contributed by atoms with Crippen molar-refractivity contribution in [3.8, 4) is 11.3 Å². The zero-order valence-corrected chi connectivity index (χ0v) is 15.6. The highest BCUT2D eigenvalue weighted by molar-refractivity contribution is 5.76. The Morgan fingerprint density at radius 2 is 1.89 bits per heavy atom. The highest BCUT2D eigenvalue weighted by Crippen LogP contribution is 2.33. The summed E-state index contributed by atoms with van der Waals surface area (Å²) in [5.74, 6) is -0.992. The summed E-state index contributed by atoms with van der Waals surface area (Å²) < 4.78 is 7.26. The second kappa shape index (κ2) is 8.10. The first-order valence-corrected chi connectivity index (χ1v) is 9.69. The molecule has 0 radical (unpaired) electrons. The molecule has 2 aliphatic rings. The van der Waals surface area contributed by atoms with Crippen molar-refractivity contribution in [1.82, 2.24) is 19.9 Å². The zero-order chi connectivity index (χ0) is 19.5. The zero-order valence-electron chi connectivity index (χ0n) is 15.6. The summed E-state index contributed by atoms with van der Waals surface area (Å²) in [6.45, 7) is 1.91. The van der Waals surface area contributed by atoms with E-state index in [0.717, 1.165) is 24.1 Å². The second-order valence-corrected chi connectivity index (χ2v) is 7.45. The fourth-order valence-corrected chi connectivity index (χ4v) is 4.17. The number of amides is 1. The molecular formula is C20H24N4O4. The fraction of sp³-hybridized carbons (Fsp3) is 0.500. The maximum atomic E-state index is 12.6. The van der Waals surface area contributed by atoms with Gasteiger partial charge in [-0.05, 0) is 25.2 Å². The quantitative estimate of drug-likeness (QED) is 0.842. The highest BCUT2D eigenvalue weighted by atomic mass is 16.5. The van der Waals surface area contributed by atoms with Gasteiger partial charge >= 0.3 is 5.97 Å². The lowest BCUT2D eigenvalue weighted by atomic mass is 9.84. The molecule has 2 atom stereocenters. The van der Waals surface area contributed by atoms with E-state index in [1.165, 1.54) is 0 Å². The summed E-state index contributed by atoms with van der Waals surface area (Å²) in [5.41, 5.74) is 1.71. The van der Waals surface area contributed by atoms with Gasteiger partial charge in [0.15, 0.2) is 0 Å². The highest BCUT2D eigenvalue weighted by Gasteiger charge is 2.40. The van der Waals surface area contributed by atoms with Crippen molar-refractivity contribution in [2.24, 2.45) is 11.8 Å². The number of hydrogen-bond acceptors (Lipinski definition) is 5. The van der Waals surface area contributed by atoms with Gasteiger partial charge in [0.25, 0.3) is 0 Å². The van der Waals surface area contributed by atoms with E-state index >= 15 is 0 Å². The molecule has 4 rings (SSSR count). The predicted molar refractivity (Wildman–Crippen MR) is 100 cm³/mol. The molecule has 2 fully saturated rings. The maximum absolute atomic E-state index is 12.6. The molecule has 0 saturated carbocycles.